The zero-order valence-electron chi connectivity index (χ0n) is 14.5. The molecule has 1 aromatic rings. The summed E-state index contributed by atoms with van der Waals surface area (Å²) in [6.07, 6.45) is 6.33. The fourth-order valence-electron chi connectivity index (χ4n) is 3.14. The molecule has 1 aromatic heterocycles. The Balaban J connectivity index is 1.80. The van der Waals surface area contributed by atoms with Crippen molar-refractivity contribution in [3.8, 4) is 0 Å². The molecule has 21 heavy (non-hydrogen) atoms. The van der Waals surface area contributed by atoms with Crippen LogP contribution in [0.2, 0.25) is 0 Å². The first kappa shape index (κ1) is 16.4. The minimum Gasteiger partial charge on any atom is -0.317 e. The Kier molecular flexibility index (Phi) is 4.99. The second kappa shape index (κ2) is 6.41. The minimum atomic E-state index is 0.744. The molecule has 0 spiro atoms. The SMILES string of the molecule is CC(C)[N+]1(C)CC[N+](C)(CCCc2cc[n+](C)cn2)CC1. The van der Waals surface area contributed by atoms with E-state index in [2.05, 4.69) is 45.2 Å². The van der Waals surface area contributed by atoms with Crippen molar-refractivity contribution < 1.29 is 13.5 Å². The molecule has 4 heteroatoms. The quantitative estimate of drug-likeness (QED) is 0.588. The van der Waals surface area contributed by atoms with Gasteiger partial charge in [-0.1, -0.05) is 4.98 Å². The number of rotatable bonds is 5. The molecule has 0 aliphatic carbocycles. The Morgan fingerprint density at radius 1 is 1.19 bits per heavy atom. The van der Waals surface area contributed by atoms with Gasteiger partial charge in [-0.25, -0.2) is 4.57 Å². The molecular weight excluding hydrogens is 260 g/mol. The van der Waals surface area contributed by atoms with Gasteiger partial charge in [0.05, 0.1) is 39.9 Å². The third-order valence-corrected chi connectivity index (χ3v) is 5.59. The summed E-state index contributed by atoms with van der Waals surface area (Å²) in [6, 6.07) is 2.89. The number of piperazine rings is 1. The molecule has 2 heterocycles. The highest BCUT2D eigenvalue weighted by molar-refractivity contribution is 4.95. The normalized spacial score (nSPS) is 29.8. The lowest BCUT2D eigenvalue weighted by molar-refractivity contribution is -1.02. The summed E-state index contributed by atoms with van der Waals surface area (Å²) in [6.45, 7) is 11.2. The first-order valence-corrected chi connectivity index (χ1v) is 8.31. The maximum Gasteiger partial charge on any atom is 0.286 e. The van der Waals surface area contributed by atoms with Crippen LogP contribution >= 0.6 is 0 Å². The molecule has 1 aliphatic rings. The van der Waals surface area contributed by atoms with Crippen LogP contribution in [-0.2, 0) is 13.5 Å². The van der Waals surface area contributed by atoms with Crippen molar-refractivity contribution in [2.75, 3.05) is 46.8 Å². The van der Waals surface area contributed by atoms with Gasteiger partial charge in [-0.3, -0.25) is 0 Å². The van der Waals surface area contributed by atoms with Gasteiger partial charge in [0.2, 0.25) is 0 Å². The Labute approximate surface area is 130 Å². The van der Waals surface area contributed by atoms with Crippen LogP contribution in [-0.4, -0.2) is 66.8 Å². The molecule has 4 nitrogen and oxygen atoms in total. The van der Waals surface area contributed by atoms with E-state index in [1.807, 2.05) is 17.9 Å². The number of hydrogen-bond donors (Lipinski definition) is 0. The molecule has 1 aliphatic heterocycles. The summed E-state index contributed by atoms with van der Waals surface area (Å²) >= 11 is 0. The van der Waals surface area contributed by atoms with Gasteiger partial charge in [0.25, 0.3) is 6.33 Å². The van der Waals surface area contributed by atoms with Gasteiger partial charge < -0.3 is 8.97 Å². The highest BCUT2D eigenvalue weighted by Gasteiger charge is 2.38. The van der Waals surface area contributed by atoms with Crippen molar-refractivity contribution in [3.63, 3.8) is 0 Å². The highest BCUT2D eigenvalue weighted by Crippen LogP contribution is 2.19. The molecule has 0 bridgehead atoms. The van der Waals surface area contributed by atoms with Gasteiger partial charge in [-0.2, -0.15) is 0 Å². The zero-order valence-corrected chi connectivity index (χ0v) is 14.5. The molecule has 0 aromatic carbocycles. The monoisotopic (exact) mass is 293 g/mol. The molecule has 0 saturated carbocycles. The van der Waals surface area contributed by atoms with Crippen LogP contribution in [0.1, 0.15) is 26.0 Å². The number of likely N-dealkylation sites (N-methyl/N-ethyl adjacent to an activating group) is 2. The molecular formula is C17H33N4+3. The van der Waals surface area contributed by atoms with Crippen LogP contribution in [0.15, 0.2) is 18.6 Å². The van der Waals surface area contributed by atoms with Gasteiger partial charge in [-0.05, 0) is 13.8 Å². The summed E-state index contributed by atoms with van der Waals surface area (Å²) in [7, 11) is 6.87. The lowest BCUT2D eigenvalue weighted by Crippen LogP contribution is -2.66. The lowest BCUT2D eigenvalue weighted by atomic mass is 10.1. The fraction of sp³-hybridized carbons (Fsp3) is 0.765. The average molecular weight is 293 g/mol. The first-order valence-electron chi connectivity index (χ1n) is 8.31. The number of aryl methyl sites for hydroxylation is 2. The topological polar surface area (TPSA) is 16.8 Å². The largest absolute Gasteiger partial charge is 0.317 e. The molecule has 0 radical (unpaired) electrons. The van der Waals surface area contributed by atoms with Crippen molar-refractivity contribution in [3.05, 3.63) is 24.3 Å². The van der Waals surface area contributed by atoms with E-state index in [-0.39, 0.29) is 0 Å². The van der Waals surface area contributed by atoms with Crippen molar-refractivity contribution in [1.29, 1.82) is 0 Å². The van der Waals surface area contributed by atoms with E-state index in [1.165, 1.54) is 53.8 Å². The van der Waals surface area contributed by atoms with Crippen LogP contribution < -0.4 is 4.57 Å². The molecule has 0 unspecified atom stereocenters. The summed E-state index contributed by atoms with van der Waals surface area (Å²) in [5, 5.41) is 0. The van der Waals surface area contributed by atoms with Gasteiger partial charge in [0.15, 0.2) is 5.69 Å². The fourth-order valence-corrected chi connectivity index (χ4v) is 3.14. The number of quaternary nitrogens is 2. The van der Waals surface area contributed by atoms with E-state index in [9.17, 15) is 0 Å². The van der Waals surface area contributed by atoms with Crippen molar-refractivity contribution in [2.24, 2.45) is 7.05 Å². The molecule has 0 N–H and O–H groups in total. The summed E-state index contributed by atoms with van der Waals surface area (Å²) in [5.41, 5.74) is 1.22. The van der Waals surface area contributed by atoms with Crippen molar-refractivity contribution in [2.45, 2.75) is 32.7 Å². The molecule has 1 saturated heterocycles. The summed E-state index contributed by atoms with van der Waals surface area (Å²) in [5.74, 6) is 0. The van der Waals surface area contributed by atoms with Crippen molar-refractivity contribution >= 4 is 0 Å². The smallest absolute Gasteiger partial charge is 0.286 e. The van der Waals surface area contributed by atoms with Crippen LogP contribution in [0.3, 0.4) is 0 Å². The second-order valence-electron chi connectivity index (χ2n) is 7.63. The standard InChI is InChI=1S/C17H33N4/c1-16(2)21(5)13-11-20(4,12-14-21)10-6-7-17-8-9-19(3)15-18-17/h8-9,15-16H,6-7,10-14H2,1-5H3/q+3. The maximum atomic E-state index is 4.48. The van der Waals surface area contributed by atoms with Crippen LogP contribution in [0.4, 0.5) is 0 Å². The minimum absolute atomic E-state index is 0.744. The Hall–Kier alpha value is -1.00. The molecule has 118 valence electrons. The number of nitrogens with zero attached hydrogens (tertiary/aromatic N) is 4. The van der Waals surface area contributed by atoms with E-state index in [0.717, 1.165) is 12.5 Å². The van der Waals surface area contributed by atoms with Crippen molar-refractivity contribution in [1.82, 2.24) is 4.98 Å². The highest BCUT2D eigenvalue weighted by atomic mass is 15.5. The predicted octanol–water partition coefficient (Wildman–Crippen LogP) is 1.15. The molecule has 0 atom stereocenters. The van der Waals surface area contributed by atoms with Gasteiger partial charge in [-0.15, -0.1) is 0 Å². The van der Waals surface area contributed by atoms with Gasteiger partial charge in [0, 0.05) is 18.9 Å². The maximum absolute atomic E-state index is 4.48. The third kappa shape index (κ3) is 4.24. The van der Waals surface area contributed by atoms with Gasteiger partial charge in [0.1, 0.15) is 26.2 Å². The van der Waals surface area contributed by atoms with Crippen LogP contribution in [0, 0.1) is 0 Å². The Morgan fingerprint density at radius 3 is 2.38 bits per heavy atom. The van der Waals surface area contributed by atoms with E-state index in [4.69, 9.17) is 0 Å². The molecule has 0 amide bonds. The van der Waals surface area contributed by atoms with Gasteiger partial charge >= 0.3 is 0 Å². The van der Waals surface area contributed by atoms with E-state index >= 15 is 0 Å². The first-order chi connectivity index (χ1) is 9.83. The summed E-state index contributed by atoms with van der Waals surface area (Å²) < 4.78 is 4.47. The Bertz CT molecular complexity index is 444. The lowest BCUT2D eigenvalue weighted by Gasteiger charge is -2.48. The molecule has 1 fully saturated rings. The van der Waals surface area contributed by atoms with E-state index < -0.39 is 0 Å². The summed E-state index contributed by atoms with van der Waals surface area (Å²) in [4.78, 5) is 4.48. The predicted molar refractivity (Wildman–Crippen MR) is 85.6 cm³/mol. The average Bonchev–Trinajstić information content (AvgIpc) is 2.45. The number of aromatic nitrogens is 2. The van der Waals surface area contributed by atoms with E-state index in [1.54, 1.807) is 0 Å². The molecule has 2 rings (SSSR count). The third-order valence-electron chi connectivity index (χ3n) is 5.59. The van der Waals surface area contributed by atoms with Crippen LogP contribution in [0.25, 0.3) is 0 Å². The zero-order chi connectivity index (χ0) is 15.5. The van der Waals surface area contributed by atoms with E-state index in [0.29, 0.717) is 0 Å². The number of hydrogen-bond acceptors (Lipinski definition) is 1. The van der Waals surface area contributed by atoms with Crippen LogP contribution in [0.5, 0.6) is 0 Å². The second-order valence-corrected chi connectivity index (χ2v) is 7.63. The Morgan fingerprint density at radius 2 is 1.86 bits per heavy atom.